The number of aromatic nitrogens is 1. The SMILES string of the molecule is CCNc1cc(C(F)F)nc2c(Cl)c(Cl)c(Br)cc12. The molecule has 0 saturated carbocycles. The van der Waals surface area contributed by atoms with E-state index >= 15 is 0 Å². The molecule has 0 amide bonds. The van der Waals surface area contributed by atoms with Crippen molar-refractivity contribution in [3.63, 3.8) is 0 Å². The van der Waals surface area contributed by atoms with Crippen LogP contribution in [-0.4, -0.2) is 11.5 Å². The van der Waals surface area contributed by atoms with Crippen molar-refractivity contribution in [2.24, 2.45) is 0 Å². The molecule has 0 bridgehead atoms. The van der Waals surface area contributed by atoms with Crippen LogP contribution in [0.2, 0.25) is 10.0 Å². The van der Waals surface area contributed by atoms with E-state index in [1.54, 1.807) is 6.07 Å². The second kappa shape index (κ2) is 5.77. The number of alkyl halides is 2. The molecular formula is C12H9BrCl2F2N2. The zero-order valence-electron chi connectivity index (χ0n) is 9.78. The van der Waals surface area contributed by atoms with Gasteiger partial charge >= 0.3 is 0 Å². The molecule has 0 atom stereocenters. The van der Waals surface area contributed by atoms with Crippen LogP contribution in [0.5, 0.6) is 0 Å². The molecular weight excluding hydrogens is 361 g/mol. The summed E-state index contributed by atoms with van der Waals surface area (Å²) in [7, 11) is 0. The Bertz CT molecular complexity index is 635. The van der Waals surface area contributed by atoms with E-state index in [1.165, 1.54) is 6.07 Å². The Labute approximate surface area is 127 Å². The molecule has 1 aromatic heterocycles. The molecule has 0 radical (unpaired) electrons. The molecule has 0 saturated heterocycles. The van der Waals surface area contributed by atoms with Gasteiger partial charge in [0.1, 0.15) is 5.69 Å². The number of benzene rings is 1. The van der Waals surface area contributed by atoms with Crippen molar-refractivity contribution >= 4 is 55.7 Å². The second-order valence-corrected chi connectivity index (χ2v) is 5.42. The topological polar surface area (TPSA) is 24.9 Å². The molecule has 0 unspecified atom stereocenters. The summed E-state index contributed by atoms with van der Waals surface area (Å²) in [4.78, 5) is 3.89. The van der Waals surface area contributed by atoms with Gasteiger partial charge in [-0.05, 0) is 35.0 Å². The molecule has 2 nitrogen and oxygen atoms in total. The first-order chi connectivity index (χ1) is 8.95. The maximum Gasteiger partial charge on any atom is 0.280 e. The first-order valence-electron chi connectivity index (χ1n) is 5.45. The van der Waals surface area contributed by atoms with Crippen LogP contribution in [0.15, 0.2) is 16.6 Å². The number of fused-ring (bicyclic) bond motifs is 1. The number of hydrogen-bond acceptors (Lipinski definition) is 2. The molecule has 102 valence electrons. The van der Waals surface area contributed by atoms with Gasteiger partial charge in [0.15, 0.2) is 0 Å². The van der Waals surface area contributed by atoms with Crippen molar-refractivity contribution in [2.75, 3.05) is 11.9 Å². The second-order valence-electron chi connectivity index (χ2n) is 3.81. The lowest BCUT2D eigenvalue weighted by Crippen LogP contribution is -2.01. The van der Waals surface area contributed by atoms with Gasteiger partial charge in [0, 0.05) is 22.1 Å². The van der Waals surface area contributed by atoms with E-state index in [2.05, 4.69) is 26.2 Å². The van der Waals surface area contributed by atoms with E-state index in [9.17, 15) is 8.78 Å². The van der Waals surface area contributed by atoms with Crippen LogP contribution in [0.25, 0.3) is 10.9 Å². The van der Waals surface area contributed by atoms with Crippen molar-refractivity contribution in [1.29, 1.82) is 0 Å². The smallest absolute Gasteiger partial charge is 0.280 e. The minimum atomic E-state index is -2.67. The molecule has 0 aliphatic heterocycles. The molecule has 7 heteroatoms. The minimum Gasteiger partial charge on any atom is -0.385 e. The molecule has 1 N–H and O–H groups in total. The summed E-state index contributed by atoms with van der Waals surface area (Å²) < 4.78 is 26.3. The van der Waals surface area contributed by atoms with Gasteiger partial charge < -0.3 is 5.32 Å². The third-order valence-corrected chi connectivity index (χ3v) is 4.26. The van der Waals surface area contributed by atoms with Crippen LogP contribution in [-0.2, 0) is 0 Å². The Balaban J connectivity index is 2.83. The fourth-order valence-electron chi connectivity index (χ4n) is 1.74. The van der Waals surface area contributed by atoms with Crippen LogP contribution in [0.1, 0.15) is 19.0 Å². The lowest BCUT2D eigenvalue weighted by Gasteiger charge is -2.13. The van der Waals surface area contributed by atoms with Crippen molar-refractivity contribution in [2.45, 2.75) is 13.3 Å². The Morgan fingerprint density at radius 2 is 2.00 bits per heavy atom. The van der Waals surface area contributed by atoms with Crippen molar-refractivity contribution < 1.29 is 8.78 Å². The van der Waals surface area contributed by atoms with E-state index in [1.807, 2.05) is 6.92 Å². The average molecular weight is 370 g/mol. The van der Waals surface area contributed by atoms with Gasteiger partial charge in [-0.3, -0.25) is 0 Å². The number of nitrogens with one attached hydrogen (secondary N) is 1. The normalized spacial score (nSPS) is 11.3. The summed E-state index contributed by atoms with van der Waals surface area (Å²) in [6.45, 7) is 2.47. The predicted octanol–water partition coefficient (Wildman–Crippen LogP) is 5.67. The van der Waals surface area contributed by atoms with Gasteiger partial charge in [0.2, 0.25) is 0 Å². The molecule has 0 spiro atoms. The lowest BCUT2D eigenvalue weighted by molar-refractivity contribution is 0.146. The highest BCUT2D eigenvalue weighted by Crippen LogP contribution is 2.39. The first-order valence-corrected chi connectivity index (χ1v) is 7.00. The van der Waals surface area contributed by atoms with Crippen LogP contribution >= 0.6 is 39.1 Å². The predicted molar refractivity (Wildman–Crippen MR) is 78.6 cm³/mol. The first kappa shape index (κ1) is 14.8. The fraction of sp³-hybridized carbons (Fsp3) is 0.250. The van der Waals surface area contributed by atoms with Gasteiger partial charge in [0.25, 0.3) is 6.43 Å². The highest BCUT2D eigenvalue weighted by atomic mass is 79.9. The summed E-state index contributed by atoms with van der Waals surface area (Å²) in [5, 5.41) is 4.09. The van der Waals surface area contributed by atoms with Crippen molar-refractivity contribution in [3.05, 3.63) is 32.3 Å². The Kier molecular flexibility index (Phi) is 4.48. The third-order valence-electron chi connectivity index (χ3n) is 2.55. The highest BCUT2D eigenvalue weighted by Gasteiger charge is 2.17. The quantitative estimate of drug-likeness (QED) is 0.704. The monoisotopic (exact) mass is 368 g/mol. The molecule has 2 rings (SSSR count). The highest BCUT2D eigenvalue weighted by molar-refractivity contribution is 9.10. The van der Waals surface area contributed by atoms with E-state index < -0.39 is 6.43 Å². The van der Waals surface area contributed by atoms with Crippen LogP contribution in [0.3, 0.4) is 0 Å². The standard InChI is InChI=1S/C12H9BrCl2F2N2/c1-2-18-7-4-8(12(16)17)19-11-5(7)3-6(13)9(14)10(11)15/h3-4,12H,2H2,1H3,(H,18,19). The average Bonchev–Trinajstić information content (AvgIpc) is 2.37. The number of nitrogens with zero attached hydrogens (tertiary/aromatic N) is 1. The maximum absolute atomic E-state index is 12.9. The number of hydrogen-bond donors (Lipinski definition) is 1. The van der Waals surface area contributed by atoms with E-state index in [4.69, 9.17) is 23.2 Å². The Morgan fingerprint density at radius 1 is 1.32 bits per heavy atom. The van der Waals surface area contributed by atoms with Crippen LogP contribution < -0.4 is 5.32 Å². The lowest BCUT2D eigenvalue weighted by atomic mass is 10.1. The zero-order valence-corrected chi connectivity index (χ0v) is 12.9. The number of pyridine rings is 1. The van der Waals surface area contributed by atoms with E-state index in [0.717, 1.165) is 0 Å². The Hall–Kier alpha value is -0.650. The summed E-state index contributed by atoms with van der Waals surface area (Å²) in [5.41, 5.74) is 0.495. The van der Waals surface area contributed by atoms with Crippen molar-refractivity contribution in [3.8, 4) is 0 Å². The number of anilines is 1. The van der Waals surface area contributed by atoms with Gasteiger partial charge in [0.05, 0.1) is 15.6 Å². The maximum atomic E-state index is 12.9. The minimum absolute atomic E-state index is 0.160. The summed E-state index contributed by atoms with van der Waals surface area (Å²) >= 11 is 15.4. The van der Waals surface area contributed by atoms with Gasteiger partial charge in [-0.15, -0.1) is 0 Å². The summed E-state index contributed by atoms with van der Waals surface area (Å²) in [5.74, 6) is 0. The van der Waals surface area contributed by atoms with E-state index in [-0.39, 0.29) is 21.3 Å². The van der Waals surface area contributed by atoms with Crippen molar-refractivity contribution in [1.82, 2.24) is 4.98 Å². The Morgan fingerprint density at radius 3 is 2.58 bits per heavy atom. The fourth-order valence-corrected chi connectivity index (χ4v) is 2.67. The molecule has 1 aromatic carbocycles. The summed E-state index contributed by atoms with van der Waals surface area (Å²) in [6, 6.07) is 3.04. The van der Waals surface area contributed by atoms with Gasteiger partial charge in [-0.25, -0.2) is 13.8 Å². The van der Waals surface area contributed by atoms with Crippen LogP contribution in [0, 0.1) is 0 Å². The molecule has 19 heavy (non-hydrogen) atoms. The molecule has 0 fully saturated rings. The molecule has 0 aliphatic rings. The number of halogens is 5. The largest absolute Gasteiger partial charge is 0.385 e. The third kappa shape index (κ3) is 2.78. The van der Waals surface area contributed by atoms with Crippen LogP contribution in [0.4, 0.5) is 14.5 Å². The van der Waals surface area contributed by atoms with Gasteiger partial charge in [-0.2, -0.15) is 0 Å². The van der Waals surface area contributed by atoms with Gasteiger partial charge in [-0.1, -0.05) is 23.2 Å². The summed E-state index contributed by atoms with van der Waals surface area (Å²) in [6.07, 6.45) is -2.67. The number of rotatable bonds is 3. The molecule has 0 aliphatic carbocycles. The molecule has 1 heterocycles. The van der Waals surface area contributed by atoms with E-state index in [0.29, 0.717) is 22.1 Å². The zero-order chi connectivity index (χ0) is 14.2. The molecule has 2 aromatic rings.